The van der Waals surface area contributed by atoms with E-state index >= 15 is 0 Å². The molecule has 2 aromatic rings. The predicted molar refractivity (Wildman–Crippen MR) is 123 cm³/mol. The van der Waals surface area contributed by atoms with E-state index in [1.807, 2.05) is 4.68 Å². The fourth-order valence-electron chi connectivity index (χ4n) is 4.29. The summed E-state index contributed by atoms with van der Waals surface area (Å²) in [6, 6.07) is 9.33. The molecule has 0 saturated carbocycles. The Morgan fingerprint density at radius 1 is 1.23 bits per heavy atom. The second-order valence-corrected chi connectivity index (χ2v) is 7.83. The normalized spacial score (nSPS) is 17.9. The Morgan fingerprint density at radius 2 is 1.97 bits per heavy atom. The molecule has 1 aromatic heterocycles. The average Bonchev–Trinajstić information content (AvgIpc) is 3.25. The van der Waals surface area contributed by atoms with Crippen LogP contribution in [0.1, 0.15) is 53.8 Å². The van der Waals surface area contributed by atoms with Crippen molar-refractivity contribution in [1.29, 1.82) is 0 Å². The number of benzene rings is 1. The van der Waals surface area contributed by atoms with Crippen LogP contribution >= 0.6 is 24.8 Å². The molecule has 0 aliphatic carbocycles. The van der Waals surface area contributed by atoms with E-state index in [0.29, 0.717) is 24.3 Å². The minimum atomic E-state index is -0.129. The van der Waals surface area contributed by atoms with Gasteiger partial charge in [-0.05, 0) is 49.9 Å². The summed E-state index contributed by atoms with van der Waals surface area (Å²) in [6.07, 6.45) is 5.93. The number of nitrogens with one attached hydrogen (secondary N) is 2. The highest BCUT2D eigenvalue weighted by Gasteiger charge is 2.24. The van der Waals surface area contributed by atoms with E-state index in [2.05, 4.69) is 57.0 Å². The number of nitrogens with zero attached hydrogens (tertiary/aromatic N) is 4. The molecule has 1 amide bonds. The Balaban J connectivity index is 0.00000160. The average molecular weight is 455 g/mol. The van der Waals surface area contributed by atoms with E-state index in [4.69, 9.17) is 0 Å². The Kier molecular flexibility index (Phi) is 9.55. The van der Waals surface area contributed by atoms with Gasteiger partial charge in [-0.2, -0.15) is 0 Å². The van der Waals surface area contributed by atoms with Crippen LogP contribution < -0.4 is 10.6 Å². The smallest absolute Gasteiger partial charge is 0.273 e. The zero-order valence-corrected chi connectivity index (χ0v) is 19.1. The van der Waals surface area contributed by atoms with Crippen LogP contribution in [0.3, 0.4) is 0 Å². The van der Waals surface area contributed by atoms with Gasteiger partial charge in [-0.3, -0.25) is 9.69 Å². The number of piperidine rings is 1. The van der Waals surface area contributed by atoms with E-state index in [1.54, 1.807) is 6.20 Å². The number of aromatic nitrogens is 3. The standard InChI is InChI=1S/C21H30N6O.2ClH/c1-2-18(26-12-9-16-5-3-4-6-17(16)14-26)13-23-21(28)20-15-27(25-24-20)19-7-10-22-11-8-19;;/h3-6,15,18-19,22H,2,7-14H2,1H3,(H,23,28);2*1H. The molecular weight excluding hydrogens is 423 g/mol. The van der Waals surface area contributed by atoms with E-state index < -0.39 is 0 Å². The third-order valence-corrected chi connectivity index (χ3v) is 6.07. The molecule has 30 heavy (non-hydrogen) atoms. The zero-order valence-electron chi connectivity index (χ0n) is 17.4. The molecule has 2 N–H and O–H groups in total. The summed E-state index contributed by atoms with van der Waals surface area (Å²) in [5, 5.41) is 14.7. The highest BCUT2D eigenvalue weighted by Crippen LogP contribution is 2.21. The first-order chi connectivity index (χ1) is 13.7. The largest absolute Gasteiger partial charge is 0.349 e. The van der Waals surface area contributed by atoms with Gasteiger partial charge in [0, 0.05) is 25.7 Å². The summed E-state index contributed by atoms with van der Waals surface area (Å²) in [5.41, 5.74) is 3.27. The second-order valence-electron chi connectivity index (χ2n) is 7.83. The number of amides is 1. The molecule has 166 valence electrons. The molecule has 2 aliphatic rings. The molecule has 1 saturated heterocycles. The van der Waals surface area contributed by atoms with Gasteiger partial charge in [0.05, 0.1) is 12.2 Å². The molecule has 2 aliphatic heterocycles. The molecule has 1 aromatic carbocycles. The van der Waals surface area contributed by atoms with Crippen LogP contribution in [0, 0.1) is 0 Å². The van der Waals surface area contributed by atoms with Gasteiger partial charge in [0.25, 0.3) is 5.91 Å². The Hall–Kier alpha value is -1.67. The van der Waals surface area contributed by atoms with Crippen molar-refractivity contribution >= 4 is 30.7 Å². The third-order valence-electron chi connectivity index (χ3n) is 6.07. The minimum Gasteiger partial charge on any atom is -0.349 e. The maximum Gasteiger partial charge on any atom is 0.273 e. The predicted octanol–water partition coefficient (Wildman–Crippen LogP) is 2.61. The van der Waals surface area contributed by atoms with Crippen molar-refractivity contribution in [1.82, 2.24) is 30.5 Å². The van der Waals surface area contributed by atoms with E-state index in [-0.39, 0.29) is 30.7 Å². The molecule has 0 bridgehead atoms. The Labute approximate surface area is 190 Å². The van der Waals surface area contributed by atoms with Crippen molar-refractivity contribution in [2.45, 2.75) is 51.2 Å². The van der Waals surface area contributed by atoms with Crippen LogP contribution in [0.2, 0.25) is 0 Å². The van der Waals surface area contributed by atoms with Gasteiger partial charge in [-0.15, -0.1) is 29.9 Å². The number of carbonyl (C=O) groups is 1. The molecule has 7 nitrogen and oxygen atoms in total. The van der Waals surface area contributed by atoms with Crippen molar-refractivity contribution in [2.75, 3.05) is 26.2 Å². The van der Waals surface area contributed by atoms with Crippen LogP contribution in [-0.4, -0.2) is 58.0 Å². The van der Waals surface area contributed by atoms with Crippen LogP contribution in [0.4, 0.5) is 0 Å². The summed E-state index contributed by atoms with van der Waals surface area (Å²) < 4.78 is 1.86. The van der Waals surface area contributed by atoms with Crippen LogP contribution in [0.5, 0.6) is 0 Å². The minimum absolute atomic E-state index is 0. The van der Waals surface area contributed by atoms with Crippen molar-refractivity contribution in [3.05, 3.63) is 47.3 Å². The first-order valence-corrected chi connectivity index (χ1v) is 10.5. The van der Waals surface area contributed by atoms with Crippen molar-refractivity contribution < 1.29 is 4.79 Å². The lowest BCUT2D eigenvalue weighted by molar-refractivity contribution is 0.0921. The molecule has 4 rings (SSSR count). The van der Waals surface area contributed by atoms with Gasteiger partial charge < -0.3 is 10.6 Å². The highest BCUT2D eigenvalue weighted by molar-refractivity contribution is 5.91. The Morgan fingerprint density at radius 3 is 2.70 bits per heavy atom. The summed E-state index contributed by atoms with van der Waals surface area (Å²) in [5.74, 6) is -0.129. The lowest BCUT2D eigenvalue weighted by atomic mass is 9.98. The molecule has 1 fully saturated rings. The fraction of sp³-hybridized carbons (Fsp3) is 0.571. The maximum atomic E-state index is 12.6. The maximum absolute atomic E-state index is 12.6. The summed E-state index contributed by atoms with van der Waals surface area (Å²) >= 11 is 0. The topological polar surface area (TPSA) is 75.1 Å². The van der Waals surface area contributed by atoms with E-state index in [1.165, 1.54) is 11.1 Å². The lowest BCUT2D eigenvalue weighted by Crippen LogP contribution is -2.45. The molecule has 3 heterocycles. The van der Waals surface area contributed by atoms with E-state index in [0.717, 1.165) is 51.9 Å². The highest BCUT2D eigenvalue weighted by atomic mass is 35.5. The molecule has 9 heteroatoms. The summed E-state index contributed by atoms with van der Waals surface area (Å²) in [6.45, 7) is 6.79. The molecule has 1 unspecified atom stereocenters. The van der Waals surface area contributed by atoms with Crippen molar-refractivity contribution in [3.8, 4) is 0 Å². The van der Waals surface area contributed by atoms with Crippen molar-refractivity contribution in [2.24, 2.45) is 0 Å². The van der Waals surface area contributed by atoms with Gasteiger partial charge in [0.1, 0.15) is 0 Å². The number of hydrogen-bond acceptors (Lipinski definition) is 5. The number of fused-ring (bicyclic) bond motifs is 1. The number of rotatable bonds is 6. The first-order valence-electron chi connectivity index (χ1n) is 10.5. The van der Waals surface area contributed by atoms with Crippen LogP contribution in [0.25, 0.3) is 0 Å². The fourth-order valence-corrected chi connectivity index (χ4v) is 4.29. The summed E-state index contributed by atoms with van der Waals surface area (Å²) in [7, 11) is 0. The van der Waals surface area contributed by atoms with Crippen LogP contribution in [0.15, 0.2) is 30.5 Å². The van der Waals surface area contributed by atoms with Crippen molar-refractivity contribution in [3.63, 3.8) is 0 Å². The van der Waals surface area contributed by atoms with Crippen LogP contribution in [-0.2, 0) is 13.0 Å². The number of halogens is 2. The number of carbonyl (C=O) groups excluding carboxylic acids is 1. The first kappa shape index (κ1) is 24.6. The molecule has 0 spiro atoms. The quantitative estimate of drug-likeness (QED) is 0.701. The lowest BCUT2D eigenvalue weighted by Gasteiger charge is -2.35. The van der Waals surface area contributed by atoms with Gasteiger partial charge in [0.15, 0.2) is 5.69 Å². The van der Waals surface area contributed by atoms with Gasteiger partial charge in [-0.1, -0.05) is 36.4 Å². The second kappa shape index (κ2) is 11.6. The zero-order chi connectivity index (χ0) is 19.3. The molecular formula is C21H32Cl2N6O. The third kappa shape index (κ3) is 5.72. The van der Waals surface area contributed by atoms with E-state index in [9.17, 15) is 4.79 Å². The Bertz CT molecular complexity index is 808. The SMILES string of the molecule is CCC(CNC(=O)c1cn(C2CCNCC2)nn1)N1CCc2ccccc2C1.Cl.Cl. The van der Waals surface area contributed by atoms with Gasteiger partial charge >= 0.3 is 0 Å². The molecule has 1 atom stereocenters. The molecule has 0 radical (unpaired) electrons. The van der Waals surface area contributed by atoms with Gasteiger partial charge in [-0.25, -0.2) is 4.68 Å². The van der Waals surface area contributed by atoms with Gasteiger partial charge in [0.2, 0.25) is 0 Å². The number of hydrogen-bond donors (Lipinski definition) is 2. The summed E-state index contributed by atoms with van der Waals surface area (Å²) in [4.78, 5) is 15.1. The monoisotopic (exact) mass is 454 g/mol.